The van der Waals surface area contributed by atoms with E-state index in [9.17, 15) is 24.0 Å². The standard InChI is InChI=1S/C49H53N3O7/c1-30(53)42(24-31-14-16-33-10-6-8-12-35(33)22-31)50-46(55)44-28-41(29-52(44)48(57)59-49(2,3)4)39-19-18-38-27-40(21-20-37(38)26-39)45(54)51-43(47(56)58-5)25-32-15-17-34-11-7-9-13-36(34)23-32/h6-19,22-23,26,40-44H,20-21,24-25,27-29H2,1-5H3,(H,50,55)(H,51,54)/t40-,41?,42?,43?,44-/m0/s1. The first-order chi connectivity index (χ1) is 28.2. The van der Waals surface area contributed by atoms with Crippen LogP contribution in [0.25, 0.3) is 21.5 Å². The fraction of sp³-hybridized carbons (Fsp3) is 0.367. The normalized spacial score (nSPS) is 18.7. The number of carbonyl (C=O) groups is 5. The molecule has 306 valence electrons. The van der Waals surface area contributed by atoms with E-state index in [0.29, 0.717) is 38.5 Å². The first kappa shape index (κ1) is 41.1. The van der Waals surface area contributed by atoms with Crippen molar-refractivity contribution in [1.82, 2.24) is 15.5 Å². The number of amides is 3. The van der Waals surface area contributed by atoms with E-state index < -0.39 is 41.7 Å². The Morgan fingerprint density at radius 2 is 1.32 bits per heavy atom. The molecule has 1 aliphatic heterocycles. The zero-order valence-corrected chi connectivity index (χ0v) is 34.5. The van der Waals surface area contributed by atoms with Gasteiger partial charge < -0.3 is 20.1 Å². The number of aryl methyl sites for hydroxylation is 1. The summed E-state index contributed by atoms with van der Waals surface area (Å²) in [5, 5.41) is 10.3. The van der Waals surface area contributed by atoms with E-state index in [-0.39, 0.29) is 30.1 Å². The van der Waals surface area contributed by atoms with Gasteiger partial charge in [-0.3, -0.25) is 19.3 Å². The Kier molecular flexibility index (Phi) is 12.2. The van der Waals surface area contributed by atoms with Crippen LogP contribution >= 0.6 is 0 Å². The third-order valence-corrected chi connectivity index (χ3v) is 11.6. The molecule has 0 aromatic heterocycles. The molecule has 3 unspecified atom stereocenters. The fourth-order valence-corrected chi connectivity index (χ4v) is 8.49. The van der Waals surface area contributed by atoms with Gasteiger partial charge in [-0.25, -0.2) is 9.59 Å². The highest BCUT2D eigenvalue weighted by Crippen LogP contribution is 2.36. The summed E-state index contributed by atoms with van der Waals surface area (Å²) in [4.78, 5) is 68.6. The Hall–Kier alpha value is -6.03. The predicted molar refractivity (Wildman–Crippen MR) is 228 cm³/mol. The molecule has 0 bridgehead atoms. The van der Waals surface area contributed by atoms with E-state index in [2.05, 4.69) is 16.7 Å². The zero-order chi connectivity index (χ0) is 41.8. The molecule has 0 radical (unpaired) electrons. The van der Waals surface area contributed by atoms with Crippen LogP contribution in [0.2, 0.25) is 0 Å². The predicted octanol–water partition coefficient (Wildman–Crippen LogP) is 7.41. The van der Waals surface area contributed by atoms with E-state index >= 15 is 0 Å². The van der Waals surface area contributed by atoms with Crippen LogP contribution in [0.15, 0.2) is 103 Å². The molecule has 1 aliphatic carbocycles. The summed E-state index contributed by atoms with van der Waals surface area (Å²) in [5.41, 5.74) is 4.26. The Morgan fingerprint density at radius 1 is 0.729 bits per heavy atom. The van der Waals surface area contributed by atoms with Crippen molar-refractivity contribution in [2.24, 2.45) is 5.92 Å². The molecular weight excluding hydrogens is 743 g/mol. The molecular formula is C49H53N3O7. The van der Waals surface area contributed by atoms with Crippen LogP contribution in [0, 0.1) is 5.92 Å². The van der Waals surface area contributed by atoms with E-state index in [1.54, 1.807) is 20.8 Å². The molecule has 0 spiro atoms. The Balaban J connectivity index is 1.03. The van der Waals surface area contributed by atoms with Gasteiger partial charge in [0.15, 0.2) is 5.78 Å². The number of nitrogens with zero attached hydrogens (tertiary/aromatic N) is 1. The van der Waals surface area contributed by atoms with Gasteiger partial charge in [-0.15, -0.1) is 0 Å². The van der Waals surface area contributed by atoms with E-state index in [1.165, 1.54) is 18.9 Å². The number of rotatable bonds is 11. The highest BCUT2D eigenvalue weighted by Gasteiger charge is 2.43. The van der Waals surface area contributed by atoms with Gasteiger partial charge in [0, 0.05) is 24.8 Å². The summed E-state index contributed by atoms with van der Waals surface area (Å²) in [5.74, 6) is -1.70. The number of benzene rings is 5. The topological polar surface area (TPSA) is 131 Å². The average molecular weight is 796 g/mol. The van der Waals surface area contributed by atoms with Crippen molar-refractivity contribution in [2.45, 2.75) is 95.9 Å². The summed E-state index contributed by atoms with van der Waals surface area (Å²) in [6.45, 7) is 7.12. The second-order valence-corrected chi connectivity index (χ2v) is 17.1. The van der Waals surface area contributed by atoms with Crippen LogP contribution in [0.3, 0.4) is 0 Å². The molecule has 10 nitrogen and oxygen atoms in total. The molecule has 59 heavy (non-hydrogen) atoms. The first-order valence-electron chi connectivity index (χ1n) is 20.5. The van der Waals surface area contributed by atoms with Crippen molar-refractivity contribution in [3.05, 3.63) is 131 Å². The van der Waals surface area contributed by atoms with Crippen molar-refractivity contribution in [2.75, 3.05) is 13.7 Å². The van der Waals surface area contributed by atoms with Crippen molar-refractivity contribution in [1.29, 1.82) is 0 Å². The number of hydrogen-bond acceptors (Lipinski definition) is 7. The molecule has 2 N–H and O–H groups in total. The summed E-state index contributed by atoms with van der Waals surface area (Å²) in [7, 11) is 1.33. The van der Waals surface area contributed by atoms with Gasteiger partial charge in [-0.05, 0) is 109 Å². The van der Waals surface area contributed by atoms with Crippen molar-refractivity contribution in [3.63, 3.8) is 0 Å². The quantitative estimate of drug-likeness (QED) is 0.133. The average Bonchev–Trinajstić information content (AvgIpc) is 3.68. The van der Waals surface area contributed by atoms with E-state index in [4.69, 9.17) is 9.47 Å². The number of nitrogens with one attached hydrogen (secondary N) is 2. The molecule has 5 aromatic rings. The summed E-state index contributed by atoms with van der Waals surface area (Å²) < 4.78 is 10.9. The number of ketones is 1. The summed E-state index contributed by atoms with van der Waals surface area (Å²) >= 11 is 0. The van der Waals surface area contributed by atoms with E-state index in [0.717, 1.165) is 49.4 Å². The SMILES string of the molecule is COC(=O)C(Cc1ccc2ccccc2c1)NC(=O)[C@H]1CCc2cc(C3C[C@@H](C(=O)NC(Cc4ccc5ccccc5c4)C(C)=O)N(C(=O)OC(C)(C)C)C3)ccc2C1. The lowest BCUT2D eigenvalue weighted by Crippen LogP contribution is -2.51. The van der Waals surface area contributed by atoms with E-state index in [1.807, 2.05) is 97.1 Å². The largest absolute Gasteiger partial charge is 0.467 e. The fourth-order valence-electron chi connectivity index (χ4n) is 8.49. The maximum absolute atomic E-state index is 14.1. The second kappa shape index (κ2) is 17.4. The van der Waals surface area contributed by atoms with Crippen LogP contribution in [0.1, 0.15) is 74.3 Å². The van der Waals surface area contributed by atoms with Crippen LogP contribution in [0.5, 0.6) is 0 Å². The number of ether oxygens (including phenoxy) is 2. The number of carbonyl (C=O) groups excluding carboxylic acids is 5. The number of likely N-dealkylation sites (tertiary alicyclic amines) is 1. The lowest BCUT2D eigenvalue weighted by Gasteiger charge is -2.29. The Bertz CT molecular complexity index is 2400. The highest BCUT2D eigenvalue weighted by atomic mass is 16.6. The van der Waals surface area contributed by atoms with Gasteiger partial charge in [-0.2, -0.15) is 0 Å². The lowest BCUT2D eigenvalue weighted by molar-refractivity contribution is -0.145. The minimum absolute atomic E-state index is 0.156. The maximum atomic E-state index is 14.1. The van der Waals surface area contributed by atoms with Crippen molar-refractivity contribution < 1.29 is 33.4 Å². The molecule has 5 aromatic carbocycles. The number of hydrogen-bond donors (Lipinski definition) is 2. The highest BCUT2D eigenvalue weighted by molar-refractivity contribution is 5.92. The molecule has 1 fully saturated rings. The molecule has 0 saturated carbocycles. The molecule has 5 atom stereocenters. The molecule has 10 heteroatoms. The van der Waals surface area contributed by atoms with Gasteiger partial charge in [-0.1, -0.05) is 103 Å². The molecule has 1 saturated heterocycles. The summed E-state index contributed by atoms with van der Waals surface area (Å²) in [6, 6.07) is 31.8. The minimum atomic E-state index is -0.838. The smallest absolute Gasteiger partial charge is 0.410 e. The Morgan fingerprint density at radius 3 is 1.92 bits per heavy atom. The third kappa shape index (κ3) is 9.82. The molecule has 1 heterocycles. The van der Waals surface area contributed by atoms with Gasteiger partial charge in [0.1, 0.15) is 17.7 Å². The van der Waals surface area contributed by atoms with Crippen LogP contribution in [0.4, 0.5) is 4.79 Å². The number of esters is 1. The second-order valence-electron chi connectivity index (χ2n) is 17.1. The van der Waals surface area contributed by atoms with Gasteiger partial charge in [0.05, 0.1) is 13.2 Å². The number of methoxy groups -OCH3 is 1. The molecule has 7 rings (SSSR count). The van der Waals surface area contributed by atoms with Crippen molar-refractivity contribution >= 4 is 51.2 Å². The monoisotopic (exact) mass is 795 g/mol. The van der Waals surface area contributed by atoms with Gasteiger partial charge >= 0.3 is 12.1 Å². The lowest BCUT2D eigenvalue weighted by atomic mass is 9.81. The van der Waals surface area contributed by atoms with Crippen LogP contribution in [-0.4, -0.2) is 71.9 Å². The van der Waals surface area contributed by atoms with Crippen LogP contribution in [-0.2, 0) is 54.3 Å². The maximum Gasteiger partial charge on any atom is 0.410 e. The van der Waals surface area contributed by atoms with Crippen molar-refractivity contribution in [3.8, 4) is 0 Å². The minimum Gasteiger partial charge on any atom is -0.467 e. The molecule has 3 amide bonds. The van der Waals surface area contributed by atoms with Gasteiger partial charge in [0.25, 0.3) is 0 Å². The zero-order valence-electron chi connectivity index (χ0n) is 34.5. The number of fused-ring (bicyclic) bond motifs is 3. The van der Waals surface area contributed by atoms with Gasteiger partial charge in [0.2, 0.25) is 11.8 Å². The Labute approximate surface area is 345 Å². The van der Waals surface area contributed by atoms with Crippen LogP contribution < -0.4 is 10.6 Å². The third-order valence-electron chi connectivity index (χ3n) is 11.6. The molecule has 2 aliphatic rings. The summed E-state index contributed by atoms with van der Waals surface area (Å²) in [6.07, 6.45) is 2.22. The first-order valence-corrected chi connectivity index (χ1v) is 20.5. The number of Topliss-reactive ketones (excluding diaryl/α,β-unsaturated/α-hetero) is 1.